The van der Waals surface area contributed by atoms with E-state index >= 15 is 0 Å². The molecule has 0 saturated heterocycles. The summed E-state index contributed by atoms with van der Waals surface area (Å²) in [5.74, 6) is 0.693. The zero-order valence-corrected chi connectivity index (χ0v) is 17.6. The summed E-state index contributed by atoms with van der Waals surface area (Å²) in [4.78, 5) is 24.8. The number of rotatable bonds is 3. The molecule has 28 heavy (non-hydrogen) atoms. The number of fused-ring (bicyclic) bond motifs is 3. The van der Waals surface area contributed by atoms with E-state index < -0.39 is 0 Å². The Bertz CT molecular complexity index is 1220. The SMILES string of the molecule is Cc1ccc(-c2nc(Cn3cnc4sc5c(c4c3=O)CCC(C)C5)cs2)cc1. The van der Waals surface area contributed by atoms with Crippen LogP contribution in [0.1, 0.15) is 35.0 Å². The molecule has 0 fully saturated rings. The van der Waals surface area contributed by atoms with Gasteiger partial charge in [0, 0.05) is 15.8 Å². The van der Waals surface area contributed by atoms with Crippen LogP contribution in [0.4, 0.5) is 0 Å². The molecule has 0 saturated carbocycles. The Morgan fingerprint density at radius 2 is 2.07 bits per heavy atom. The standard InChI is InChI=1S/C22H21N3OS2/c1-13-3-6-15(7-4-13)20-24-16(11-27-20)10-25-12-23-21-19(22(25)26)17-8-5-14(2)9-18(17)28-21/h3-4,6-7,11-12,14H,5,8-10H2,1-2H3. The highest BCUT2D eigenvalue weighted by Crippen LogP contribution is 2.35. The van der Waals surface area contributed by atoms with Gasteiger partial charge in [0.1, 0.15) is 9.84 Å². The first-order chi connectivity index (χ1) is 13.6. The average molecular weight is 408 g/mol. The third kappa shape index (κ3) is 3.10. The smallest absolute Gasteiger partial charge is 0.262 e. The maximum atomic E-state index is 13.2. The third-order valence-electron chi connectivity index (χ3n) is 5.46. The van der Waals surface area contributed by atoms with Crippen LogP contribution in [0.2, 0.25) is 0 Å². The molecule has 1 aromatic carbocycles. The second-order valence-electron chi connectivity index (χ2n) is 7.72. The molecular weight excluding hydrogens is 386 g/mol. The van der Waals surface area contributed by atoms with E-state index in [1.54, 1.807) is 33.6 Å². The van der Waals surface area contributed by atoms with Gasteiger partial charge in [0.25, 0.3) is 5.56 Å². The molecule has 0 amide bonds. The minimum Gasteiger partial charge on any atom is -0.293 e. The van der Waals surface area contributed by atoms with Gasteiger partial charge in [-0.1, -0.05) is 36.8 Å². The fourth-order valence-corrected chi connectivity index (χ4v) is 6.02. The maximum Gasteiger partial charge on any atom is 0.262 e. The van der Waals surface area contributed by atoms with E-state index in [9.17, 15) is 4.79 Å². The van der Waals surface area contributed by atoms with Crippen LogP contribution in [0.3, 0.4) is 0 Å². The topological polar surface area (TPSA) is 47.8 Å². The number of hydrogen-bond donors (Lipinski definition) is 0. The van der Waals surface area contributed by atoms with Gasteiger partial charge in [-0.2, -0.15) is 0 Å². The Kier molecular flexibility index (Phi) is 4.40. The van der Waals surface area contributed by atoms with Crippen LogP contribution in [0.15, 0.2) is 40.8 Å². The van der Waals surface area contributed by atoms with Crippen LogP contribution in [-0.4, -0.2) is 14.5 Å². The lowest BCUT2D eigenvalue weighted by Gasteiger charge is -2.17. The summed E-state index contributed by atoms with van der Waals surface area (Å²) >= 11 is 3.31. The Morgan fingerprint density at radius 1 is 1.25 bits per heavy atom. The van der Waals surface area contributed by atoms with Crippen molar-refractivity contribution >= 4 is 32.9 Å². The molecule has 4 nitrogen and oxygen atoms in total. The van der Waals surface area contributed by atoms with Gasteiger partial charge in [0.2, 0.25) is 0 Å². The van der Waals surface area contributed by atoms with Crippen molar-refractivity contribution in [2.75, 3.05) is 0 Å². The molecule has 0 spiro atoms. The molecular formula is C22H21N3OS2. The first kappa shape index (κ1) is 17.8. The molecule has 0 aliphatic heterocycles. The minimum atomic E-state index is 0.0712. The van der Waals surface area contributed by atoms with Crippen molar-refractivity contribution in [2.45, 2.75) is 39.7 Å². The van der Waals surface area contributed by atoms with E-state index in [1.807, 2.05) is 5.38 Å². The fraction of sp³-hybridized carbons (Fsp3) is 0.318. The second kappa shape index (κ2) is 6.94. The Balaban J connectivity index is 1.48. The van der Waals surface area contributed by atoms with Crippen LogP contribution in [-0.2, 0) is 19.4 Å². The lowest BCUT2D eigenvalue weighted by atomic mass is 9.89. The van der Waals surface area contributed by atoms with E-state index in [0.717, 1.165) is 45.7 Å². The van der Waals surface area contributed by atoms with Gasteiger partial charge < -0.3 is 0 Å². The number of nitrogens with zero attached hydrogens (tertiary/aromatic N) is 3. The van der Waals surface area contributed by atoms with Crippen molar-refractivity contribution in [3.63, 3.8) is 0 Å². The van der Waals surface area contributed by atoms with Crippen LogP contribution in [0, 0.1) is 12.8 Å². The molecule has 3 heterocycles. The number of aromatic nitrogens is 3. The Hall–Kier alpha value is -2.31. The summed E-state index contributed by atoms with van der Waals surface area (Å²) in [6.45, 7) is 4.83. The predicted octanol–water partition coefficient (Wildman–Crippen LogP) is 5.06. The summed E-state index contributed by atoms with van der Waals surface area (Å²) < 4.78 is 1.71. The van der Waals surface area contributed by atoms with E-state index in [4.69, 9.17) is 4.98 Å². The van der Waals surface area contributed by atoms with Gasteiger partial charge in [0.05, 0.1) is 24.0 Å². The highest BCUT2D eigenvalue weighted by molar-refractivity contribution is 7.18. The first-order valence-corrected chi connectivity index (χ1v) is 11.3. The van der Waals surface area contributed by atoms with E-state index in [1.165, 1.54) is 16.0 Å². The lowest BCUT2D eigenvalue weighted by molar-refractivity contribution is 0.509. The van der Waals surface area contributed by atoms with Crippen LogP contribution in [0.5, 0.6) is 0 Å². The summed E-state index contributed by atoms with van der Waals surface area (Å²) in [6.07, 6.45) is 4.90. The summed E-state index contributed by atoms with van der Waals surface area (Å²) in [5, 5.41) is 3.86. The van der Waals surface area contributed by atoms with Crippen LogP contribution < -0.4 is 5.56 Å². The summed E-state index contributed by atoms with van der Waals surface area (Å²) in [5.41, 5.74) is 4.57. The van der Waals surface area contributed by atoms with Crippen LogP contribution in [0.25, 0.3) is 20.8 Å². The predicted molar refractivity (Wildman–Crippen MR) is 116 cm³/mol. The molecule has 1 atom stereocenters. The Labute approximate surface area is 171 Å². The maximum absolute atomic E-state index is 13.2. The monoisotopic (exact) mass is 407 g/mol. The molecule has 1 aliphatic rings. The zero-order valence-electron chi connectivity index (χ0n) is 15.9. The van der Waals surface area contributed by atoms with Gasteiger partial charge in [-0.3, -0.25) is 9.36 Å². The summed E-state index contributed by atoms with van der Waals surface area (Å²) in [7, 11) is 0. The van der Waals surface area contributed by atoms with Crippen LogP contribution >= 0.6 is 22.7 Å². The third-order valence-corrected chi connectivity index (χ3v) is 7.57. The number of thiazole rings is 1. The fourth-order valence-electron chi connectivity index (χ4n) is 3.86. The molecule has 3 aromatic heterocycles. The highest BCUT2D eigenvalue weighted by Gasteiger charge is 2.23. The van der Waals surface area contributed by atoms with Gasteiger partial charge in [-0.15, -0.1) is 22.7 Å². The van der Waals surface area contributed by atoms with E-state index in [2.05, 4.69) is 43.1 Å². The van der Waals surface area contributed by atoms with Crippen molar-refractivity contribution < 1.29 is 0 Å². The molecule has 142 valence electrons. The van der Waals surface area contributed by atoms with E-state index in [0.29, 0.717) is 12.5 Å². The average Bonchev–Trinajstić information content (AvgIpc) is 3.29. The molecule has 0 radical (unpaired) electrons. The molecule has 1 aliphatic carbocycles. The van der Waals surface area contributed by atoms with Crippen molar-refractivity contribution in [3.05, 3.63) is 68.0 Å². The van der Waals surface area contributed by atoms with Crippen molar-refractivity contribution in [2.24, 2.45) is 5.92 Å². The largest absolute Gasteiger partial charge is 0.293 e. The number of aryl methyl sites for hydroxylation is 2. The quantitative estimate of drug-likeness (QED) is 0.477. The lowest BCUT2D eigenvalue weighted by Crippen LogP contribution is -2.22. The molecule has 0 N–H and O–H groups in total. The minimum absolute atomic E-state index is 0.0712. The van der Waals surface area contributed by atoms with Crippen molar-refractivity contribution in [1.82, 2.24) is 14.5 Å². The Morgan fingerprint density at radius 3 is 2.89 bits per heavy atom. The molecule has 6 heteroatoms. The normalized spacial score (nSPS) is 16.4. The molecule has 0 bridgehead atoms. The number of benzene rings is 1. The van der Waals surface area contributed by atoms with Crippen molar-refractivity contribution in [3.8, 4) is 10.6 Å². The zero-order chi connectivity index (χ0) is 19.3. The van der Waals surface area contributed by atoms with Gasteiger partial charge >= 0.3 is 0 Å². The first-order valence-electron chi connectivity index (χ1n) is 9.59. The number of hydrogen-bond acceptors (Lipinski definition) is 5. The molecule has 5 rings (SSSR count). The van der Waals surface area contributed by atoms with Crippen molar-refractivity contribution in [1.29, 1.82) is 0 Å². The van der Waals surface area contributed by atoms with Gasteiger partial charge in [-0.25, -0.2) is 9.97 Å². The van der Waals surface area contributed by atoms with E-state index in [-0.39, 0.29) is 5.56 Å². The number of thiophene rings is 1. The molecule has 1 unspecified atom stereocenters. The molecule has 4 aromatic rings. The highest BCUT2D eigenvalue weighted by atomic mass is 32.1. The van der Waals surface area contributed by atoms with Gasteiger partial charge in [0.15, 0.2) is 0 Å². The second-order valence-corrected chi connectivity index (χ2v) is 9.66. The summed E-state index contributed by atoms with van der Waals surface area (Å²) in [6, 6.07) is 8.38. The van der Waals surface area contributed by atoms with Gasteiger partial charge in [-0.05, 0) is 37.7 Å².